The maximum absolute atomic E-state index is 9.31. The number of fused-ring (bicyclic) bond motifs is 1. The Kier molecular flexibility index (Phi) is 4.22. The highest BCUT2D eigenvalue weighted by Crippen LogP contribution is 2.28. The highest BCUT2D eigenvalue weighted by molar-refractivity contribution is 5.84. The SMILES string of the molecule is COCOc1ccc(-c2ccc3ccc(C)nc3c2)cc1C#N. The van der Waals surface area contributed by atoms with Crippen LogP contribution in [0.4, 0.5) is 0 Å². The molecule has 1 heterocycles. The average Bonchev–Trinajstić information content (AvgIpc) is 2.59. The topological polar surface area (TPSA) is 55.1 Å². The zero-order chi connectivity index (χ0) is 16.2. The lowest BCUT2D eigenvalue weighted by molar-refractivity contribution is 0.0509. The molecule has 1 aromatic heterocycles. The van der Waals surface area contributed by atoms with Crippen LogP contribution in [0.25, 0.3) is 22.0 Å². The van der Waals surface area contributed by atoms with Crippen LogP contribution in [0.1, 0.15) is 11.3 Å². The number of aryl methyl sites for hydroxylation is 1. The minimum absolute atomic E-state index is 0.118. The van der Waals surface area contributed by atoms with E-state index in [9.17, 15) is 5.26 Å². The van der Waals surface area contributed by atoms with E-state index in [1.807, 2.05) is 43.3 Å². The van der Waals surface area contributed by atoms with Crippen molar-refractivity contribution < 1.29 is 9.47 Å². The predicted molar refractivity (Wildman–Crippen MR) is 89.1 cm³/mol. The molecule has 0 fully saturated rings. The third-order valence-corrected chi connectivity index (χ3v) is 3.60. The van der Waals surface area contributed by atoms with Crippen LogP contribution < -0.4 is 4.74 Å². The van der Waals surface area contributed by atoms with Gasteiger partial charge in [0.1, 0.15) is 11.8 Å². The Morgan fingerprint density at radius 1 is 1.04 bits per heavy atom. The lowest BCUT2D eigenvalue weighted by Crippen LogP contribution is -2.00. The molecular formula is C19H16N2O2. The molecule has 0 radical (unpaired) electrons. The zero-order valence-corrected chi connectivity index (χ0v) is 13.0. The Balaban J connectivity index is 2.02. The van der Waals surface area contributed by atoms with E-state index >= 15 is 0 Å². The first-order valence-electron chi connectivity index (χ1n) is 7.25. The molecule has 0 atom stereocenters. The van der Waals surface area contributed by atoms with Crippen molar-refractivity contribution in [3.63, 3.8) is 0 Å². The fraction of sp³-hybridized carbons (Fsp3) is 0.158. The van der Waals surface area contributed by atoms with Crippen LogP contribution in [0.15, 0.2) is 48.5 Å². The normalized spacial score (nSPS) is 10.5. The van der Waals surface area contributed by atoms with Gasteiger partial charge in [0.25, 0.3) is 0 Å². The van der Waals surface area contributed by atoms with Gasteiger partial charge in [0, 0.05) is 18.2 Å². The summed E-state index contributed by atoms with van der Waals surface area (Å²) in [5.41, 5.74) is 4.38. The second kappa shape index (κ2) is 6.47. The maximum atomic E-state index is 9.31. The summed E-state index contributed by atoms with van der Waals surface area (Å²) in [5.74, 6) is 0.521. The molecule has 0 amide bonds. The standard InChI is InChI=1S/C19H16N2O2/c1-13-3-4-14-5-6-16(10-18(14)21-13)15-7-8-19(23-12-22-2)17(9-15)11-20/h3-10H,12H2,1-2H3. The molecule has 114 valence electrons. The molecule has 0 saturated heterocycles. The number of methoxy groups -OCH3 is 1. The number of benzene rings is 2. The molecular weight excluding hydrogens is 288 g/mol. The molecule has 0 spiro atoms. The molecule has 0 N–H and O–H groups in total. The Labute approximate surface area is 134 Å². The highest BCUT2D eigenvalue weighted by Gasteiger charge is 2.07. The van der Waals surface area contributed by atoms with Crippen LogP contribution in [-0.2, 0) is 4.74 Å². The highest BCUT2D eigenvalue weighted by atomic mass is 16.7. The molecule has 0 saturated carbocycles. The van der Waals surface area contributed by atoms with E-state index in [1.54, 1.807) is 13.2 Å². The second-order valence-electron chi connectivity index (χ2n) is 5.23. The van der Waals surface area contributed by atoms with Crippen LogP contribution in [0.5, 0.6) is 5.75 Å². The van der Waals surface area contributed by atoms with Crippen LogP contribution in [0.2, 0.25) is 0 Å². The van der Waals surface area contributed by atoms with E-state index in [0.717, 1.165) is 27.7 Å². The molecule has 0 aliphatic heterocycles. The average molecular weight is 304 g/mol. The summed E-state index contributed by atoms with van der Waals surface area (Å²) in [6, 6.07) is 17.9. The lowest BCUT2D eigenvalue weighted by atomic mass is 10.0. The van der Waals surface area contributed by atoms with Crippen molar-refractivity contribution in [2.75, 3.05) is 13.9 Å². The van der Waals surface area contributed by atoms with Crippen molar-refractivity contribution in [2.24, 2.45) is 0 Å². The van der Waals surface area contributed by atoms with E-state index < -0.39 is 0 Å². The summed E-state index contributed by atoms with van der Waals surface area (Å²) in [4.78, 5) is 4.56. The summed E-state index contributed by atoms with van der Waals surface area (Å²) in [6.07, 6.45) is 0. The molecule has 0 aliphatic rings. The van der Waals surface area contributed by atoms with E-state index in [-0.39, 0.29) is 6.79 Å². The summed E-state index contributed by atoms with van der Waals surface area (Å²) < 4.78 is 10.3. The molecule has 23 heavy (non-hydrogen) atoms. The quantitative estimate of drug-likeness (QED) is 0.682. The van der Waals surface area contributed by atoms with Crippen molar-refractivity contribution in [3.8, 4) is 22.9 Å². The first-order chi connectivity index (χ1) is 11.2. The third-order valence-electron chi connectivity index (χ3n) is 3.60. The van der Waals surface area contributed by atoms with Crippen LogP contribution in [-0.4, -0.2) is 18.9 Å². The minimum Gasteiger partial charge on any atom is -0.466 e. The van der Waals surface area contributed by atoms with Gasteiger partial charge in [-0.3, -0.25) is 4.98 Å². The van der Waals surface area contributed by atoms with E-state index in [4.69, 9.17) is 9.47 Å². The molecule has 0 bridgehead atoms. The number of hydrogen-bond donors (Lipinski definition) is 0. The van der Waals surface area contributed by atoms with E-state index in [1.165, 1.54) is 0 Å². The zero-order valence-electron chi connectivity index (χ0n) is 13.0. The largest absolute Gasteiger partial charge is 0.466 e. The van der Waals surface area contributed by atoms with Gasteiger partial charge in [-0.15, -0.1) is 0 Å². The van der Waals surface area contributed by atoms with Crippen LogP contribution >= 0.6 is 0 Å². The first kappa shape index (κ1) is 15.0. The maximum Gasteiger partial charge on any atom is 0.188 e. The molecule has 2 aromatic carbocycles. The number of aromatic nitrogens is 1. The number of nitrogens with zero attached hydrogens (tertiary/aromatic N) is 2. The van der Waals surface area contributed by atoms with E-state index in [2.05, 4.69) is 17.1 Å². The number of pyridine rings is 1. The third kappa shape index (κ3) is 3.15. The van der Waals surface area contributed by atoms with Gasteiger partial charge in [-0.25, -0.2) is 0 Å². The molecule has 3 aromatic rings. The van der Waals surface area contributed by atoms with E-state index in [0.29, 0.717) is 11.3 Å². The fourth-order valence-electron chi connectivity index (χ4n) is 2.44. The van der Waals surface area contributed by atoms with Crippen LogP contribution in [0.3, 0.4) is 0 Å². The van der Waals surface area contributed by atoms with Crippen molar-refractivity contribution in [3.05, 3.63) is 59.8 Å². The Hall–Kier alpha value is -2.90. The van der Waals surface area contributed by atoms with Crippen molar-refractivity contribution >= 4 is 10.9 Å². The van der Waals surface area contributed by atoms with Gasteiger partial charge in [-0.1, -0.05) is 24.3 Å². The number of hydrogen-bond acceptors (Lipinski definition) is 4. The summed E-state index contributed by atoms with van der Waals surface area (Å²) in [7, 11) is 1.55. The smallest absolute Gasteiger partial charge is 0.188 e. The molecule has 0 unspecified atom stereocenters. The van der Waals surface area contributed by atoms with Crippen LogP contribution in [0, 0.1) is 18.3 Å². The van der Waals surface area contributed by atoms with Gasteiger partial charge < -0.3 is 9.47 Å². The second-order valence-corrected chi connectivity index (χ2v) is 5.23. The van der Waals surface area contributed by atoms with Gasteiger partial charge in [0.2, 0.25) is 0 Å². The summed E-state index contributed by atoms with van der Waals surface area (Å²) in [5, 5.41) is 10.4. The lowest BCUT2D eigenvalue weighted by Gasteiger charge is -2.09. The molecule has 0 aliphatic carbocycles. The van der Waals surface area contributed by atoms with Gasteiger partial charge in [-0.2, -0.15) is 5.26 Å². The molecule has 3 rings (SSSR count). The van der Waals surface area contributed by atoms with Crippen molar-refractivity contribution in [2.45, 2.75) is 6.92 Å². The number of nitriles is 1. The van der Waals surface area contributed by atoms with Crippen molar-refractivity contribution in [1.29, 1.82) is 5.26 Å². The Morgan fingerprint density at radius 2 is 1.78 bits per heavy atom. The summed E-state index contributed by atoms with van der Waals surface area (Å²) in [6.45, 7) is 2.09. The molecule has 4 nitrogen and oxygen atoms in total. The van der Waals surface area contributed by atoms with Crippen molar-refractivity contribution in [1.82, 2.24) is 4.98 Å². The van der Waals surface area contributed by atoms with Gasteiger partial charge in [0.15, 0.2) is 6.79 Å². The van der Waals surface area contributed by atoms with Gasteiger partial charge in [-0.05, 0) is 42.3 Å². The molecule has 4 heteroatoms. The van der Waals surface area contributed by atoms with Gasteiger partial charge >= 0.3 is 0 Å². The minimum atomic E-state index is 0.118. The Morgan fingerprint density at radius 3 is 2.57 bits per heavy atom. The van der Waals surface area contributed by atoms with Gasteiger partial charge in [0.05, 0.1) is 11.1 Å². The predicted octanol–water partition coefficient (Wildman–Crippen LogP) is 4.06. The first-order valence-corrected chi connectivity index (χ1v) is 7.25. The summed E-state index contributed by atoms with van der Waals surface area (Å²) >= 11 is 0. The fourth-order valence-corrected chi connectivity index (χ4v) is 2.44. The monoisotopic (exact) mass is 304 g/mol. The number of ether oxygens (including phenoxy) is 2. The number of rotatable bonds is 4. The Bertz CT molecular complexity index is 898.